The fourth-order valence-corrected chi connectivity index (χ4v) is 4.08. The lowest BCUT2D eigenvalue weighted by atomic mass is 10.2. The molecule has 3 heterocycles. The van der Waals surface area contributed by atoms with Gasteiger partial charge in [0.15, 0.2) is 0 Å². The van der Waals surface area contributed by atoms with Crippen LogP contribution >= 0.6 is 15.9 Å². The molecule has 1 aromatic carbocycles. The average Bonchev–Trinajstić information content (AvgIpc) is 3.35. The normalized spacial score (nSPS) is 12.6. The number of carbonyl (C=O) groups excluding carboxylic acids is 1. The van der Waals surface area contributed by atoms with Crippen molar-refractivity contribution in [1.29, 1.82) is 0 Å². The first kappa shape index (κ1) is 21.2. The van der Waals surface area contributed by atoms with E-state index in [0.717, 1.165) is 30.4 Å². The third-order valence-electron chi connectivity index (χ3n) is 5.14. The Morgan fingerprint density at radius 2 is 2.00 bits per heavy atom. The lowest BCUT2D eigenvalue weighted by Gasteiger charge is -2.12. The van der Waals surface area contributed by atoms with Crippen LogP contribution in [-0.4, -0.2) is 36.4 Å². The number of aliphatic imine (C=N–C) groups is 1. The van der Waals surface area contributed by atoms with Gasteiger partial charge in [0.1, 0.15) is 11.6 Å². The second-order valence-corrected chi connectivity index (χ2v) is 8.29. The summed E-state index contributed by atoms with van der Waals surface area (Å²) >= 11 is 3.43. The lowest BCUT2D eigenvalue weighted by molar-refractivity contribution is 0.252. The van der Waals surface area contributed by atoms with Gasteiger partial charge in [0.05, 0.1) is 10.2 Å². The van der Waals surface area contributed by atoms with Crippen molar-refractivity contribution in [2.24, 2.45) is 4.99 Å². The SMILES string of the molecule is CCCCCn1c2c(c(=O)n3c(CCNC(=O)Nc4ccccc4)nnc13)CC(Br)=N2. The zero-order chi connectivity index (χ0) is 21.8. The van der Waals surface area contributed by atoms with E-state index in [1.807, 2.05) is 34.9 Å². The molecule has 2 aromatic heterocycles. The van der Waals surface area contributed by atoms with E-state index in [0.29, 0.717) is 48.1 Å². The number of carbonyl (C=O) groups is 1. The van der Waals surface area contributed by atoms with Gasteiger partial charge in [-0.2, -0.15) is 0 Å². The summed E-state index contributed by atoms with van der Waals surface area (Å²) in [6, 6.07) is 8.90. The zero-order valence-electron chi connectivity index (χ0n) is 17.3. The van der Waals surface area contributed by atoms with Crippen LogP contribution in [0.15, 0.2) is 40.1 Å². The smallest absolute Gasteiger partial charge is 0.319 e. The molecule has 0 spiro atoms. The second kappa shape index (κ2) is 9.42. The summed E-state index contributed by atoms with van der Waals surface area (Å²) in [6.45, 7) is 3.20. The molecular weight excluding hydrogens is 462 g/mol. The minimum Gasteiger partial charge on any atom is -0.337 e. The Kier molecular flexibility index (Phi) is 6.45. The fourth-order valence-electron chi connectivity index (χ4n) is 3.63. The monoisotopic (exact) mass is 485 g/mol. The second-order valence-electron chi connectivity index (χ2n) is 7.38. The van der Waals surface area contributed by atoms with Gasteiger partial charge in [-0.3, -0.25) is 9.36 Å². The number of nitrogens with zero attached hydrogens (tertiary/aromatic N) is 5. The maximum Gasteiger partial charge on any atom is 0.319 e. The van der Waals surface area contributed by atoms with Crippen molar-refractivity contribution < 1.29 is 4.79 Å². The van der Waals surface area contributed by atoms with E-state index in [-0.39, 0.29) is 11.6 Å². The zero-order valence-corrected chi connectivity index (χ0v) is 18.9. The van der Waals surface area contributed by atoms with Crippen molar-refractivity contribution >= 4 is 43.9 Å². The molecule has 1 aliphatic heterocycles. The van der Waals surface area contributed by atoms with Gasteiger partial charge in [-0.1, -0.05) is 38.0 Å². The Morgan fingerprint density at radius 3 is 2.77 bits per heavy atom. The molecule has 9 nitrogen and oxygen atoms in total. The predicted molar refractivity (Wildman–Crippen MR) is 124 cm³/mol. The van der Waals surface area contributed by atoms with Crippen molar-refractivity contribution in [3.05, 3.63) is 52.1 Å². The minimum atomic E-state index is -0.310. The molecule has 31 heavy (non-hydrogen) atoms. The number of halogens is 1. The number of aryl methyl sites for hydroxylation is 1. The van der Waals surface area contributed by atoms with Gasteiger partial charge in [0, 0.05) is 31.6 Å². The van der Waals surface area contributed by atoms with Crippen molar-refractivity contribution in [3.8, 4) is 0 Å². The topological polar surface area (TPSA) is 106 Å². The van der Waals surface area contributed by atoms with Crippen molar-refractivity contribution in [2.45, 2.75) is 45.6 Å². The van der Waals surface area contributed by atoms with Gasteiger partial charge in [-0.15, -0.1) is 10.2 Å². The number of aromatic nitrogens is 4. The number of fused-ring (bicyclic) bond motifs is 2. The highest BCUT2D eigenvalue weighted by Crippen LogP contribution is 2.28. The average molecular weight is 486 g/mol. The van der Waals surface area contributed by atoms with Crippen LogP contribution in [0.25, 0.3) is 5.78 Å². The quantitative estimate of drug-likeness (QED) is 0.476. The van der Waals surface area contributed by atoms with Crippen LogP contribution in [0, 0.1) is 0 Å². The molecule has 0 saturated carbocycles. The summed E-state index contributed by atoms with van der Waals surface area (Å²) in [5.74, 6) is 1.68. The molecule has 3 aromatic rings. The molecule has 0 atom stereocenters. The Bertz CT molecular complexity index is 1180. The summed E-state index contributed by atoms with van der Waals surface area (Å²) in [6.07, 6.45) is 4.00. The number of benzene rings is 1. The number of amides is 2. The Hall–Kier alpha value is -3.01. The van der Waals surface area contributed by atoms with Gasteiger partial charge in [0.25, 0.3) is 5.56 Å². The number of unbranched alkanes of at least 4 members (excludes halogenated alkanes) is 2. The summed E-state index contributed by atoms with van der Waals surface area (Å²) in [5, 5.41) is 14.1. The number of nitrogens with one attached hydrogen (secondary N) is 2. The molecule has 4 rings (SSSR count). The van der Waals surface area contributed by atoms with Gasteiger partial charge in [0.2, 0.25) is 5.78 Å². The first-order valence-corrected chi connectivity index (χ1v) is 11.2. The molecule has 0 unspecified atom stereocenters. The van der Waals surface area contributed by atoms with E-state index in [1.165, 1.54) is 0 Å². The minimum absolute atomic E-state index is 0.149. The van der Waals surface area contributed by atoms with Gasteiger partial charge < -0.3 is 10.6 Å². The van der Waals surface area contributed by atoms with E-state index in [9.17, 15) is 9.59 Å². The highest BCUT2D eigenvalue weighted by atomic mass is 79.9. The van der Waals surface area contributed by atoms with E-state index in [1.54, 1.807) is 4.40 Å². The molecule has 2 N–H and O–H groups in total. The van der Waals surface area contributed by atoms with Crippen molar-refractivity contribution in [3.63, 3.8) is 0 Å². The van der Waals surface area contributed by atoms with Crippen LogP contribution in [0.5, 0.6) is 0 Å². The van der Waals surface area contributed by atoms with E-state index in [2.05, 4.69) is 48.7 Å². The maximum absolute atomic E-state index is 13.1. The number of hydrogen-bond donors (Lipinski definition) is 2. The molecule has 0 fully saturated rings. The lowest BCUT2D eigenvalue weighted by Crippen LogP contribution is -2.31. The fraction of sp³-hybridized carbons (Fsp3) is 0.381. The number of urea groups is 1. The molecule has 0 radical (unpaired) electrons. The van der Waals surface area contributed by atoms with E-state index in [4.69, 9.17) is 0 Å². The van der Waals surface area contributed by atoms with E-state index >= 15 is 0 Å². The van der Waals surface area contributed by atoms with Gasteiger partial charge >= 0.3 is 6.03 Å². The molecule has 1 aliphatic rings. The summed E-state index contributed by atoms with van der Waals surface area (Å²) in [5.41, 5.74) is 1.21. The number of para-hydroxylation sites is 1. The van der Waals surface area contributed by atoms with Crippen molar-refractivity contribution in [1.82, 2.24) is 24.5 Å². The third-order valence-corrected chi connectivity index (χ3v) is 5.60. The molecular formula is C21H24BrN7O2. The predicted octanol–water partition coefficient (Wildman–Crippen LogP) is 3.43. The summed E-state index contributed by atoms with van der Waals surface area (Å²) in [4.78, 5) is 29.8. The van der Waals surface area contributed by atoms with Crippen LogP contribution in [0.1, 0.15) is 37.6 Å². The third kappa shape index (κ3) is 4.53. The number of anilines is 1. The molecule has 10 heteroatoms. The number of rotatable bonds is 8. The van der Waals surface area contributed by atoms with E-state index < -0.39 is 0 Å². The van der Waals surface area contributed by atoms with Crippen LogP contribution in [0.2, 0.25) is 0 Å². The molecule has 0 bridgehead atoms. The van der Waals surface area contributed by atoms with Gasteiger partial charge in [-0.25, -0.2) is 14.2 Å². The first-order valence-electron chi connectivity index (χ1n) is 10.4. The van der Waals surface area contributed by atoms with Crippen LogP contribution < -0.4 is 16.2 Å². The molecule has 162 valence electrons. The summed E-state index contributed by atoms with van der Waals surface area (Å²) in [7, 11) is 0. The Balaban J connectivity index is 1.53. The summed E-state index contributed by atoms with van der Waals surface area (Å²) < 4.78 is 4.28. The van der Waals surface area contributed by atoms with Crippen LogP contribution in [0.3, 0.4) is 0 Å². The Morgan fingerprint density at radius 1 is 1.19 bits per heavy atom. The Labute approximate surface area is 187 Å². The van der Waals surface area contributed by atoms with Crippen LogP contribution in [0.4, 0.5) is 16.3 Å². The standard InChI is InChI=1S/C21H24BrN7O2/c1-2-3-7-12-28-18-15(13-16(22)25-18)19(30)29-17(26-27-21(28)29)10-11-23-20(31)24-14-8-5-4-6-9-14/h4-6,8-9H,2-3,7,10-13H2,1H3,(H2,23,24,31). The largest absolute Gasteiger partial charge is 0.337 e. The maximum atomic E-state index is 13.1. The first-order chi connectivity index (χ1) is 15.1. The number of hydrogen-bond acceptors (Lipinski definition) is 5. The van der Waals surface area contributed by atoms with Gasteiger partial charge in [-0.05, 0) is 34.5 Å². The highest BCUT2D eigenvalue weighted by molar-refractivity contribution is 9.18. The van der Waals surface area contributed by atoms with Crippen molar-refractivity contribution in [2.75, 3.05) is 11.9 Å². The molecule has 0 aliphatic carbocycles. The molecule has 0 saturated heterocycles. The molecule has 2 amide bonds. The van der Waals surface area contributed by atoms with Crippen LogP contribution in [-0.2, 0) is 19.4 Å². The highest BCUT2D eigenvalue weighted by Gasteiger charge is 2.25.